The van der Waals surface area contributed by atoms with Gasteiger partial charge in [-0.3, -0.25) is 9.59 Å². The van der Waals surface area contributed by atoms with Gasteiger partial charge < -0.3 is 15.0 Å². The Labute approximate surface area is 187 Å². The van der Waals surface area contributed by atoms with Crippen molar-refractivity contribution in [2.24, 2.45) is 0 Å². The van der Waals surface area contributed by atoms with E-state index in [-0.39, 0.29) is 18.4 Å². The van der Waals surface area contributed by atoms with E-state index in [0.29, 0.717) is 24.8 Å². The number of likely N-dealkylation sites (N-methyl/N-ethyl adjacent to an activating group) is 1. The van der Waals surface area contributed by atoms with Crippen molar-refractivity contribution in [3.05, 3.63) is 63.6 Å². The third-order valence-corrected chi connectivity index (χ3v) is 5.55. The molecular formula is C24H31BrN2O3. The summed E-state index contributed by atoms with van der Waals surface area (Å²) in [6.07, 6.45) is 0. The molecule has 0 spiro atoms. The fourth-order valence-corrected chi connectivity index (χ4v) is 3.64. The maximum atomic E-state index is 13.0. The molecule has 0 fully saturated rings. The molecule has 1 atom stereocenters. The van der Waals surface area contributed by atoms with Crippen molar-refractivity contribution in [3.63, 3.8) is 0 Å². The zero-order valence-corrected chi connectivity index (χ0v) is 20.0. The molecular weight excluding hydrogens is 444 g/mol. The van der Waals surface area contributed by atoms with Crippen LogP contribution >= 0.6 is 15.9 Å². The molecule has 0 aliphatic heterocycles. The molecule has 30 heavy (non-hydrogen) atoms. The number of benzene rings is 2. The van der Waals surface area contributed by atoms with Crippen molar-refractivity contribution in [2.45, 2.75) is 53.1 Å². The van der Waals surface area contributed by atoms with Gasteiger partial charge in [0.15, 0.2) is 6.61 Å². The van der Waals surface area contributed by atoms with Gasteiger partial charge in [0.2, 0.25) is 5.91 Å². The quantitative estimate of drug-likeness (QED) is 0.566. The number of carbonyl (C=O) groups is 2. The van der Waals surface area contributed by atoms with E-state index in [9.17, 15) is 9.59 Å². The minimum absolute atomic E-state index is 0.144. The number of hydrogen-bond acceptors (Lipinski definition) is 3. The van der Waals surface area contributed by atoms with E-state index in [1.165, 1.54) is 5.56 Å². The highest BCUT2D eigenvalue weighted by molar-refractivity contribution is 9.10. The van der Waals surface area contributed by atoms with E-state index in [1.807, 2.05) is 56.3 Å². The Hall–Kier alpha value is -2.34. The van der Waals surface area contributed by atoms with E-state index in [1.54, 1.807) is 11.8 Å². The number of hydrogen-bond donors (Lipinski definition) is 1. The highest BCUT2D eigenvalue weighted by atomic mass is 79.9. The molecule has 2 aromatic carbocycles. The zero-order valence-electron chi connectivity index (χ0n) is 18.4. The molecule has 2 amide bonds. The topological polar surface area (TPSA) is 58.6 Å². The van der Waals surface area contributed by atoms with E-state index in [2.05, 4.69) is 35.1 Å². The predicted molar refractivity (Wildman–Crippen MR) is 124 cm³/mol. The number of rotatable bonds is 9. The van der Waals surface area contributed by atoms with Crippen LogP contribution in [0.25, 0.3) is 0 Å². The summed E-state index contributed by atoms with van der Waals surface area (Å²) in [5, 5.41) is 2.80. The number of carbonyl (C=O) groups excluding carboxylic acids is 2. The molecule has 0 aromatic heterocycles. The summed E-state index contributed by atoms with van der Waals surface area (Å²) < 4.78 is 6.60. The molecule has 5 nitrogen and oxygen atoms in total. The molecule has 0 saturated heterocycles. The van der Waals surface area contributed by atoms with Crippen LogP contribution in [0.4, 0.5) is 0 Å². The summed E-state index contributed by atoms with van der Waals surface area (Å²) in [6.45, 7) is 10.6. The van der Waals surface area contributed by atoms with Gasteiger partial charge >= 0.3 is 0 Å². The van der Waals surface area contributed by atoms with Gasteiger partial charge in [-0.25, -0.2) is 0 Å². The molecule has 2 aromatic rings. The third-order valence-electron chi connectivity index (χ3n) is 4.93. The van der Waals surface area contributed by atoms with Crippen LogP contribution in [0, 0.1) is 6.92 Å². The molecule has 162 valence electrons. The lowest BCUT2D eigenvalue weighted by Gasteiger charge is -2.28. The van der Waals surface area contributed by atoms with Crippen LogP contribution in [-0.4, -0.2) is 35.9 Å². The largest absolute Gasteiger partial charge is 0.483 e. The first-order valence-electron chi connectivity index (χ1n) is 10.3. The fraction of sp³-hybridized carbons (Fsp3) is 0.417. The van der Waals surface area contributed by atoms with Crippen molar-refractivity contribution < 1.29 is 14.3 Å². The lowest BCUT2D eigenvalue weighted by atomic mass is 10.0. The first-order chi connectivity index (χ1) is 14.2. The Morgan fingerprint density at radius 3 is 2.47 bits per heavy atom. The van der Waals surface area contributed by atoms with E-state index in [4.69, 9.17) is 4.74 Å². The molecule has 2 rings (SSSR count). The molecule has 0 aliphatic carbocycles. The highest BCUT2D eigenvalue weighted by Gasteiger charge is 2.26. The summed E-state index contributed by atoms with van der Waals surface area (Å²) in [5.74, 6) is 0.588. The third kappa shape index (κ3) is 6.59. The standard InChI is InChI=1S/C24H31BrN2O3/c1-6-26-24(29)18(5)27(14-19-9-7-8-17(4)12-19)23(28)15-30-22-11-10-20(16(2)3)13-21(22)25/h7-13,16,18H,6,14-15H2,1-5H3,(H,26,29). The second-order valence-corrected chi connectivity index (χ2v) is 8.57. The highest BCUT2D eigenvalue weighted by Crippen LogP contribution is 2.29. The molecule has 0 aliphatic rings. The summed E-state index contributed by atoms with van der Waals surface area (Å²) in [7, 11) is 0. The summed E-state index contributed by atoms with van der Waals surface area (Å²) in [5.41, 5.74) is 3.27. The Kier molecular flexibility index (Phi) is 8.90. The first-order valence-corrected chi connectivity index (χ1v) is 11.1. The van der Waals surface area contributed by atoms with E-state index < -0.39 is 6.04 Å². The summed E-state index contributed by atoms with van der Waals surface area (Å²) in [6, 6.07) is 13.2. The number of amides is 2. The number of ether oxygens (including phenoxy) is 1. The molecule has 0 saturated carbocycles. The smallest absolute Gasteiger partial charge is 0.261 e. The second kappa shape index (κ2) is 11.2. The molecule has 1 unspecified atom stereocenters. The van der Waals surface area contributed by atoms with Crippen LogP contribution in [0.2, 0.25) is 0 Å². The Morgan fingerprint density at radius 2 is 1.87 bits per heavy atom. The number of halogens is 1. The van der Waals surface area contributed by atoms with Crippen molar-refractivity contribution >= 4 is 27.7 Å². The number of aryl methyl sites for hydroxylation is 1. The lowest BCUT2D eigenvalue weighted by molar-refractivity contribution is -0.142. The van der Waals surface area contributed by atoms with Crippen molar-refractivity contribution in [3.8, 4) is 5.75 Å². The van der Waals surface area contributed by atoms with Crippen molar-refractivity contribution in [2.75, 3.05) is 13.2 Å². The summed E-state index contributed by atoms with van der Waals surface area (Å²) >= 11 is 3.52. The normalized spacial score (nSPS) is 11.8. The maximum absolute atomic E-state index is 13.0. The van der Waals surface area contributed by atoms with Gasteiger partial charge in [-0.2, -0.15) is 0 Å². The molecule has 0 radical (unpaired) electrons. The van der Waals surface area contributed by atoms with Crippen LogP contribution in [0.1, 0.15) is 50.3 Å². The SMILES string of the molecule is CCNC(=O)C(C)N(Cc1cccc(C)c1)C(=O)COc1ccc(C(C)C)cc1Br. The van der Waals surface area contributed by atoms with Gasteiger partial charge in [-0.15, -0.1) is 0 Å². The van der Waals surface area contributed by atoms with Gasteiger partial charge in [0.05, 0.1) is 4.47 Å². The molecule has 1 N–H and O–H groups in total. The second-order valence-electron chi connectivity index (χ2n) is 7.71. The molecule has 0 heterocycles. The van der Waals surface area contributed by atoms with Crippen molar-refractivity contribution in [1.82, 2.24) is 10.2 Å². The van der Waals surface area contributed by atoms with Crippen LogP contribution in [0.5, 0.6) is 5.75 Å². The minimum atomic E-state index is -0.603. The van der Waals surface area contributed by atoms with Gasteiger partial charge in [-0.05, 0) is 65.9 Å². The summed E-state index contributed by atoms with van der Waals surface area (Å²) in [4.78, 5) is 27.0. The average molecular weight is 475 g/mol. The maximum Gasteiger partial charge on any atom is 0.261 e. The Balaban J connectivity index is 2.16. The Bertz CT molecular complexity index is 883. The van der Waals surface area contributed by atoms with Crippen LogP contribution in [-0.2, 0) is 16.1 Å². The van der Waals surface area contributed by atoms with Crippen molar-refractivity contribution in [1.29, 1.82) is 0 Å². The fourth-order valence-electron chi connectivity index (χ4n) is 3.13. The van der Waals surface area contributed by atoms with Gasteiger partial charge in [0.25, 0.3) is 5.91 Å². The van der Waals surface area contributed by atoms with Crippen LogP contribution in [0.3, 0.4) is 0 Å². The van der Waals surface area contributed by atoms with E-state index in [0.717, 1.165) is 15.6 Å². The monoisotopic (exact) mass is 474 g/mol. The van der Waals surface area contributed by atoms with Gasteiger partial charge in [0.1, 0.15) is 11.8 Å². The van der Waals surface area contributed by atoms with Gasteiger partial charge in [0, 0.05) is 13.1 Å². The molecule has 6 heteroatoms. The van der Waals surface area contributed by atoms with Gasteiger partial charge in [-0.1, -0.05) is 49.7 Å². The Morgan fingerprint density at radius 1 is 1.13 bits per heavy atom. The number of nitrogens with zero attached hydrogens (tertiary/aromatic N) is 1. The first kappa shape index (κ1) is 23.9. The zero-order chi connectivity index (χ0) is 22.3. The lowest BCUT2D eigenvalue weighted by Crippen LogP contribution is -2.49. The molecule has 0 bridgehead atoms. The van der Waals surface area contributed by atoms with Crippen LogP contribution in [0.15, 0.2) is 46.9 Å². The number of nitrogens with one attached hydrogen (secondary N) is 1. The van der Waals surface area contributed by atoms with Crippen LogP contribution < -0.4 is 10.1 Å². The predicted octanol–water partition coefficient (Wildman–Crippen LogP) is 4.81. The average Bonchev–Trinajstić information content (AvgIpc) is 2.70. The van der Waals surface area contributed by atoms with E-state index >= 15 is 0 Å². The minimum Gasteiger partial charge on any atom is -0.483 e.